The zero-order valence-electron chi connectivity index (χ0n) is 14.7. The van der Waals surface area contributed by atoms with Crippen LogP contribution in [0.3, 0.4) is 0 Å². The Hall–Kier alpha value is -2.20. The minimum absolute atomic E-state index is 0.0423. The van der Waals surface area contributed by atoms with Crippen molar-refractivity contribution in [3.63, 3.8) is 0 Å². The molecule has 2 aliphatic heterocycles. The molecular weight excluding hydrogens is 356 g/mol. The number of carbonyl (C=O) groups excluding carboxylic acids is 1. The highest BCUT2D eigenvalue weighted by molar-refractivity contribution is 7.89. The van der Waals surface area contributed by atoms with Crippen LogP contribution in [0.5, 0.6) is 0 Å². The monoisotopic (exact) mass is 378 g/mol. The average Bonchev–Trinajstić information content (AvgIpc) is 3.25. The first kappa shape index (κ1) is 17.2. The first-order chi connectivity index (χ1) is 12.4. The van der Waals surface area contributed by atoms with Gasteiger partial charge in [0.25, 0.3) is 15.9 Å². The molecule has 0 unspecified atom stereocenters. The molecule has 4 rings (SSSR count). The van der Waals surface area contributed by atoms with Gasteiger partial charge in [-0.1, -0.05) is 0 Å². The molecule has 0 bridgehead atoms. The number of hydrogen-bond acceptors (Lipinski definition) is 5. The number of rotatable bonds is 4. The fourth-order valence-corrected chi connectivity index (χ4v) is 5.04. The summed E-state index contributed by atoms with van der Waals surface area (Å²) in [4.78, 5) is 18.9. The van der Waals surface area contributed by atoms with Crippen LogP contribution >= 0.6 is 0 Å². The lowest BCUT2D eigenvalue weighted by Crippen LogP contribution is -2.59. The maximum Gasteiger partial charge on any atom is 0.262 e. The molecule has 2 aliphatic rings. The Morgan fingerprint density at radius 1 is 1.19 bits per heavy atom. The molecule has 0 radical (unpaired) electrons. The summed E-state index contributed by atoms with van der Waals surface area (Å²) in [7, 11) is -1.92. The van der Waals surface area contributed by atoms with E-state index in [1.165, 1.54) is 16.8 Å². The second-order valence-electron chi connectivity index (χ2n) is 6.91. The van der Waals surface area contributed by atoms with Gasteiger partial charge in [-0.25, -0.2) is 13.4 Å². The molecule has 140 valence electrons. The van der Waals surface area contributed by atoms with Gasteiger partial charge in [-0.15, -0.1) is 0 Å². The quantitative estimate of drug-likeness (QED) is 0.748. The molecule has 0 atom stereocenters. The number of hydrogen-bond donors (Lipinski definition) is 0. The fraction of sp³-hybridized carbons (Fsp3) is 0.562. The summed E-state index contributed by atoms with van der Waals surface area (Å²) in [6.07, 6.45) is 8.23. The van der Waals surface area contributed by atoms with Crippen LogP contribution in [-0.4, -0.2) is 69.0 Å². The van der Waals surface area contributed by atoms with Crippen molar-refractivity contribution in [1.82, 2.24) is 28.5 Å². The third kappa shape index (κ3) is 2.64. The highest BCUT2D eigenvalue weighted by Gasteiger charge is 2.48. The molecule has 10 heteroatoms. The van der Waals surface area contributed by atoms with Crippen molar-refractivity contribution in [2.75, 3.05) is 26.2 Å². The Balaban J connectivity index is 1.59. The second-order valence-corrected chi connectivity index (χ2v) is 8.79. The number of amides is 1. The Morgan fingerprint density at radius 3 is 2.42 bits per heavy atom. The van der Waals surface area contributed by atoms with Crippen LogP contribution < -0.4 is 0 Å². The topological polar surface area (TPSA) is 93.3 Å². The summed E-state index contributed by atoms with van der Waals surface area (Å²) in [5.41, 5.74) is -0.805. The molecule has 4 heterocycles. The predicted octanol–water partition coefficient (Wildman–Crippen LogP) is 0.0289. The van der Waals surface area contributed by atoms with E-state index in [4.69, 9.17) is 0 Å². The number of piperidine rings is 1. The van der Waals surface area contributed by atoms with Gasteiger partial charge < -0.3 is 9.47 Å². The van der Waals surface area contributed by atoms with E-state index in [1.54, 1.807) is 34.8 Å². The van der Waals surface area contributed by atoms with Gasteiger partial charge in [0.05, 0.1) is 6.33 Å². The molecule has 2 aromatic heterocycles. The molecular formula is C16H22N6O3S. The van der Waals surface area contributed by atoms with Crippen LogP contribution in [0.1, 0.15) is 19.3 Å². The first-order valence-corrected chi connectivity index (χ1v) is 10.2. The van der Waals surface area contributed by atoms with Crippen LogP contribution in [0.2, 0.25) is 0 Å². The SMILES string of the molecule is Cn1cnc(S(=O)(=O)N2CCC(C(=O)N3CCC3)(n3cccn3)CC2)c1. The van der Waals surface area contributed by atoms with E-state index in [2.05, 4.69) is 10.1 Å². The molecule has 0 aliphatic carbocycles. The number of aryl methyl sites for hydroxylation is 1. The van der Waals surface area contributed by atoms with E-state index in [1.807, 2.05) is 4.90 Å². The van der Waals surface area contributed by atoms with Gasteiger partial charge in [-0.2, -0.15) is 9.40 Å². The summed E-state index contributed by atoms with van der Waals surface area (Å²) in [6.45, 7) is 2.05. The van der Waals surface area contributed by atoms with Crippen LogP contribution in [0.15, 0.2) is 36.0 Å². The number of likely N-dealkylation sites (tertiary alicyclic amines) is 1. The van der Waals surface area contributed by atoms with Gasteiger partial charge in [0, 0.05) is 51.8 Å². The van der Waals surface area contributed by atoms with Crippen LogP contribution in [0.25, 0.3) is 0 Å². The maximum absolute atomic E-state index is 13.1. The highest BCUT2D eigenvalue weighted by atomic mass is 32.2. The number of carbonyl (C=O) groups is 1. The third-order valence-corrected chi connectivity index (χ3v) is 7.10. The number of aromatic nitrogens is 4. The van der Waals surface area contributed by atoms with Crippen molar-refractivity contribution in [2.24, 2.45) is 7.05 Å². The molecule has 0 saturated carbocycles. The Labute approximate surface area is 152 Å². The Kier molecular flexibility index (Phi) is 4.11. The summed E-state index contributed by atoms with van der Waals surface area (Å²) in [6, 6.07) is 1.79. The summed E-state index contributed by atoms with van der Waals surface area (Å²) < 4.78 is 30.3. The normalized spacial score (nSPS) is 20.7. The molecule has 2 aromatic rings. The van der Waals surface area contributed by atoms with Crippen molar-refractivity contribution in [3.8, 4) is 0 Å². The molecule has 2 fully saturated rings. The van der Waals surface area contributed by atoms with E-state index in [-0.39, 0.29) is 24.0 Å². The summed E-state index contributed by atoms with van der Waals surface area (Å²) in [5, 5.41) is 4.35. The third-order valence-electron chi connectivity index (χ3n) is 5.32. The van der Waals surface area contributed by atoms with E-state index in [0.717, 1.165) is 19.5 Å². The first-order valence-electron chi connectivity index (χ1n) is 8.71. The molecule has 0 aromatic carbocycles. The summed E-state index contributed by atoms with van der Waals surface area (Å²) >= 11 is 0. The summed E-state index contributed by atoms with van der Waals surface area (Å²) in [5.74, 6) is 0.0438. The lowest BCUT2D eigenvalue weighted by atomic mass is 9.86. The molecule has 0 spiro atoms. The zero-order chi connectivity index (χ0) is 18.4. The number of nitrogens with zero attached hydrogens (tertiary/aromatic N) is 6. The van der Waals surface area contributed by atoms with E-state index < -0.39 is 15.6 Å². The van der Waals surface area contributed by atoms with Crippen LogP contribution in [0.4, 0.5) is 0 Å². The van der Waals surface area contributed by atoms with Crippen molar-refractivity contribution in [2.45, 2.75) is 29.8 Å². The van der Waals surface area contributed by atoms with Gasteiger partial charge in [0.1, 0.15) is 5.54 Å². The fourth-order valence-electron chi connectivity index (χ4n) is 3.63. The van der Waals surface area contributed by atoms with E-state index in [9.17, 15) is 13.2 Å². The van der Waals surface area contributed by atoms with Crippen molar-refractivity contribution in [3.05, 3.63) is 31.0 Å². The van der Waals surface area contributed by atoms with Crippen LogP contribution in [0, 0.1) is 0 Å². The maximum atomic E-state index is 13.1. The van der Waals surface area contributed by atoms with Crippen molar-refractivity contribution < 1.29 is 13.2 Å². The van der Waals surface area contributed by atoms with Gasteiger partial charge in [-0.05, 0) is 25.3 Å². The minimum Gasteiger partial charge on any atom is -0.340 e. The molecule has 2 saturated heterocycles. The van der Waals surface area contributed by atoms with Crippen molar-refractivity contribution >= 4 is 15.9 Å². The molecule has 9 nitrogen and oxygen atoms in total. The van der Waals surface area contributed by atoms with E-state index in [0.29, 0.717) is 12.8 Å². The lowest BCUT2D eigenvalue weighted by Gasteiger charge is -2.44. The Bertz CT molecular complexity index is 892. The standard InChI is InChI=1S/C16H22N6O3S/c1-19-12-14(17-13-19)26(24,25)21-10-4-16(5-11-21,22-9-2-6-18-22)15(23)20-7-3-8-20/h2,6,9,12-13H,3-5,7-8,10-11H2,1H3. The zero-order valence-corrected chi connectivity index (χ0v) is 15.5. The van der Waals surface area contributed by atoms with Crippen LogP contribution in [-0.2, 0) is 27.4 Å². The molecule has 1 amide bonds. The minimum atomic E-state index is -3.65. The average molecular weight is 378 g/mol. The number of sulfonamides is 1. The smallest absolute Gasteiger partial charge is 0.262 e. The van der Waals surface area contributed by atoms with E-state index >= 15 is 0 Å². The molecule has 0 N–H and O–H groups in total. The van der Waals surface area contributed by atoms with Crippen molar-refractivity contribution in [1.29, 1.82) is 0 Å². The van der Waals surface area contributed by atoms with Gasteiger partial charge >= 0.3 is 0 Å². The Morgan fingerprint density at radius 2 is 1.92 bits per heavy atom. The highest BCUT2D eigenvalue weighted by Crippen LogP contribution is 2.35. The van der Waals surface area contributed by atoms with Gasteiger partial charge in [0.15, 0.2) is 5.03 Å². The van der Waals surface area contributed by atoms with Gasteiger partial charge in [-0.3, -0.25) is 9.48 Å². The van der Waals surface area contributed by atoms with Gasteiger partial charge in [0.2, 0.25) is 0 Å². The predicted molar refractivity (Wildman–Crippen MR) is 92.6 cm³/mol. The molecule has 26 heavy (non-hydrogen) atoms. The largest absolute Gasteiger partial charge is 0.340 e. The number of imidazole rings is 1. The second kappa shape index (κ2) is 6.20. The lowest BCUT2D eigenvalue weighted by molar-refractivity contribution is -0.147.